The van der Waals surface area contributed by atoms with E-state index in [4.69, 9.17) is 11.6 Å². The van der Waals surface area contributed by atoms with E-state index in [9.17, 15) is 24.5 Å². The molecule has 206 valence electrons. The van der Waals surface area contributed by atoms with Crippen LogP contribution < -0.4 is 10.2 Å². The first-order valence-corrected chi connectivity index (χ1v) is 13.8. The van der Waals surface area contributed by atoms with Crippen molar-refractivity contribution >= 4 is 52.2 Å². The average molecular weight is 576 g/mol. The van der Waals surface area contributed by atoms with Crippen molar-refractivity contribution in [3.63, 3.8) is 0 Å². The largest absolute Gasteiger partial charge is 0.352 e. The van der Waals surface area contributed by atoms with E-state index in [2.05, 4.69) is 5.32 Å². The van der Waals surface area contributed by atoms with E-state index in [1.807, 2.05) is 47.4 Å². The smallest absolute Gasteiger partial charge is 0.270 e. The number of nitro groups is 1. The standard InChI is InChI=1S/C33H22ClN3O5/c34-24-13-4-2-11-22(24)31(39)28-29(30(38)20-9-7-10-21(18-20)37(41)42)36-26-15-6-1-8-19(26)16-17-27(36)33(28)23-12-3-5-14-25(23)35-32(33)40/h1-18,27-29H,(H,35,40)/t27-,28-,29+,33+/m1/s1. The molecule has 1 fully saturated rings. The Balaban J connectivity index is 1.54. The summed E-state index contributed by atoms with van der Waals surface area (Å²) in [4.78, 5) is 56.7. The first-order valence-electron chi connectivity index (χ1n) is 13.4. The van der Waals surface area contributed by atoms with Gasteiger partial charge in [-0.3, -0.25) is 24.5 Å². The Hall–Kier alpha value is -5.08. The lowest BCUT2D eigenvalue weighted by atomic mass is 9.64. The number of ketones is 2. The van der Waals surface area contributed by atoms with E-state index >= 15 is 0 Å². The number of hydrogen-bond donors (Lipinski definition) is 1. The molecule has 1 amide bonds. The fourth-order valence-electron chi connectivity index (χ4n) is 6.89. The van der Waals surface area contributed by atoms with E-state index in [0.717, 1.165) is 5.56 Å². The third-order valence-electron chi connectivity index (χ3n) is 8.57. The number of rotatable bonds is 5. The molecule has 0 radical (unpaired) electrons. The molecule has 3 aliphatic rings. The molecular weight excluding hydrogens is 554 g/mol. The van der Waals surface area contributed by atoms with Crippen molar-refractivity contribution in [1.29, 1.82) is 0 Å². The summed E-state index contributed by atoms with van der Waals surface area (Å²) in [7, 11) is 0. The molecular formula is C33H22ClN3O5. The number of benzene rings is 4. The maximum absolute atomic E-state index is 14.8. The highest BCUT2D eigenvalue weighted by atomic mass is 35.5. The minimum absolute atomic E-state index is 0.0701. The molecule has 0 unspecified atom stereocenters. The molecule has 1 saturated heterocycles. The molecule has 3 heterocycles. The number of nitrogens with one attached hydrogen (secondary N) is 1. The summed E-state index contributed by atoms with van der Waals surface area (Å²) in [5.41, 5.74) is 1.18. The lowest BCUT2D eigenvalue weighted by molar-refractivity contribution is -0.384. The lowest BCUT2D eigenvalue weighted by Crippen LogP contribution is -2.51. The van der Waals surface area contributed by atoms with Crippen LogP contribution in [0.4, 0.5) is 17.1 Å². The number of fused-ring (bicyclic) bond motifs is 6. The Bertz CT molecular complexity index is 1870. The highest BCUT2D eigenvalue weighted by Crippen LogP contribution is 2.58. The third kappa shape index (κ3) is 3.51. The van der Waals surface area contributed by atoms with Crippen molar-refractivity contribution in [3.05, 3.63) is 141 Å². The fraction of sp³-hybridized carbons (Fsp3) is 0.121. The number of non-ortho nitro benzene ring substituents is 1. The fourth-order valence-corrected chi connectivity index (χ4v) is 7.12. The molecule has 4 atom stereocenters. The number of amides is 1. The van der Waals surface area contributed by atoms with Crippen LogP contribution in [0.25, 0.3) is 6.08 Å². The normalized spacial score (nSPS) is 23.2. The molecule has 0 bridgehead atoms. The van der Waals surface area contributed by atoms with E-state index in [-0.39, 0.29) is 21.8 Å². The molecule has 9 heteroatoms. The van der Waals surface area contributed by atoms with Crippen LogP contribution in [0.5, 0.6) is 0 Å². The van der Waals surface area contributed by atoms with Crippen molar-refractivity contribution in [2.24, 2.45) is 5.92 Å². The van der Waals surface area contributed by atoms with Gasteiger partial charge in [-0.15, -0.1) is 0 Å². The van der Waals surface area contributed by atoms with Crippen molar-refractivity contribution in [1.82, 2.24) is 0 Å². The van der Waals surface area contributed by atoms with Crippen LogP contribution in [0.1, 0.15) is 31.8 Å². The third-order valence-corrected chi connectivity index (χ3v) is 8.90. The number of para-hydroxylation sites is 2. The summed E-state index contributed by atoms with van der Waals surface area (Å²) in [5.74, 6) is -2.60. The zero-order valence-electron chi connectivity index (χ0n) is 21.9. The molecule has 3 aliphatic heterocycles. The van der Waals surface area contributed by atoms with E-state index < -0.39 is 45.8 Å². The molecule has 0 aliphatic carbocycles. The molecule has 4 aromatic rings. The summed E-state index contributed by atoms with van der Waals surface area (Å²) in [6.45, 7) is 0. The van der Waals surface area contributed by atoms with Crippen LogP contribution in [0.15, 0.2) is 103 Å². The topological polar surface area (TPSA) is 110 Å². The zero-order chi connectivity index (χ0) is 29.2. The quantitative estimate of drug-likeness (QED) is 0.175. The van der Waals surface area contributed by atoms with Gasteiger partial charge >= 0.3 is 0 Å². The molecule has 0 aromatic heterocycles. The Morgan fingerprint density at radius 1 is 0.905 bits per heavy atom. The molecule has 4 aromatic carbocycles. The summed E-state index contributed by atoms with van der Waals surface area (Å²) < 4.78 is 0. The number of nitrogens with zero attached hydrogens (tertiary/aromatic N) is 2. The number of hydrogen-bond acceptors (Lipinski definition) is 6. The summed E-state index contributed by atoms with van der Waals surface area (Å²) >= 11 is 6.55. The zero-order valence-corrected chi connectivity index (χ0v) is 22.7. The van der Waals surface area contributed by atoms with Gasteiger partial charge in [-0.25, -0.2) is 0 Å². The minimum Gasteiger partial charge on any atom is -0.352 e. The maximum atomic E-state index is 14.8. The van der Waals surface area contributed by atoms with Gasteiger partial charge in [0.1, 0.15) is 11.5 Å². The molecule has 42 heavy (non-hydrogen) atoms. The number of nitro benzene ring substituents is 1. The van der Waals surface area contributed by atoms with Gasteiger partial charge < -0.3 is 10.2 Å². The lowest BCUT2D eigenvalue weighted by Gasteiger charge is -2.37. The van der Waals surface area contributed by atoms with E-state index in [1.54, 1.807) is 42.5 Å². The number of anilines is 2. The monoisotopic (exact) mass is 575 g/mol. The summed E-state index contributed by atoms with van der Waals surface area (Å²) in [6.07, 6.45) is 3.78. The molecule has 7 rings (SSSR count). The first kappa shape index (κ1) is 25.9. The predicted molar refractivity (Wildman–Crippen MR) is 159 cm³/mol. The second-order valence-electron chi connectivity index (χ2n) is 10.6. The van der Waals surface area contributed by atoms with Gasteiger partial charge in [0.05, 0.1) is 21.9 Å². The maximum Gasteiger partial charge on any atom is 0.270 e. The second-order valence-corrected chi connectivity index (χ2v) is 11.0. The van der Waals surface area contributed by atoms with Gasteiger partial charge in [0.15, 0.2) is 11.6 Å². The predicted octanol–water partition coefficient (Wildman–Crippen LogP) is 6.10. The summed E-state index contributed by atoms with van der Waals surface area (Å²) in [5, 5.41) is 14.8. The number of halogens is 1. The minimum atomic E-state index is -1.50. The molecule has 1 spiro atoms. The first-order chi connectivity index (χ1) is 20.3. The SMILES string of the molecule is O=C(c1cccc([N+](=O)[O-])c1)[C@@H]1[C@H](C(=O)c2ccccc2Cl)[C@@]2(C(=O)Nc3ccccc32)[C@H]2C=Cc3ccccc3N12. The molecule has 1 N–H and O–H groups in total. The van der Waals surface area contributed by atoms with Crippen LogP contribution in [0, 0.1) is 16.0 Å². The van der Waals surface area contributed by atoms with Gasteiger partial charge in [0.25, 0.3) is 5.69 Å². The highest BCUT2D eigenvalue weighted by Gasteiger charge is 2.70. The van der Waals surface area contributed by atoms with Crippen LogP contribution >= 0.6 is 11.6 Å². The van der Waals surface area contributed by atoms with E-state index in [1.165, 1.54) is 24.3 Å². The molecule has 0 saturated carbocycles. The number of carbonyl (C=O) groups excluding carboxylic acids is 3. The average Bonchev–Trinajstić information content (AvgIpc) is 3.49. The van der Waals surface area contributed by atoms with E-state index in [0.29, 0.717) is 16.9 Å². The van der Waals surface area contributed by atoms with Crippen LogP contribution in [0.3, 0.4) is 0 Å². The van der Waals surface area contributed by atoms with Crippen LogP contribution in [0.2, 0.25) is 5.02 Å². The van der Waals surface area contributed by atoms with Crippen LogP contribution in [-0.2, 0) is 10.2 Å². The van der Waals surface area contributed by atoms with Gasteiger partial charge in [-0.05, 0) is 35.4 Å². The molecule has 8 nitrogen and oxygen atoms in total. The van der Waals surface area contributed by atoms with Gasteiger partial charge in [0.2, 0.25) is 5.91 Å². The Kier molecular flexibility index (Phi) is 5.85. The number of Topliss-reactive ketones (excluding diaryl/α,β-unsaturated/α-hetero) is 2. The number of carbonyl (C=O) groups is 3. The Labute approximate surface area is 245 Å². The van der Waals surface area contributed by atoms with Gasteiger partial charge in [-0.2, -0.15) is 0 Å². The van der Waals surface area contributed by atoms with Gasteiger partial charge in [-0.1, -0.05) is 84.4 Å². The van der Waals surface area contributed by atoms with Crippen molar-refractivity contribution in [3.8, 4) is 0 Å². The van der Waals surface area contributed by atoms with Gasteiger partial charge in [0, 0.05) is 34.6 Å². The van der Waals surface area contributed by atoms with Crippen molar-refractivity contribution < 1.29 is 19.3 Å². The second kappa shape index (κ2) is 9.49. The Morgan fingerprint density at radius 3 is 2.45 bits per heavy atom. The van der Waals surface area contributed by atoms with Crippen molar-refractivity contribution in [2.45, 2.75) is 17.5 Å². The summed E-state index contributed by atoms with van der Waals surface area (Å²) in [6, 6.07) is 24.8. The Morgan fingerprint density at radius 2 is 1.64 bits per heavy atom. The van der Waals surface area contributed by atoms with Crippen molar-refractivity contribution in [2.75, 3.05) is 10.2 Å². The highest BCUT2D eigenvalue weighted by molar-refractivity contribution is 6.34. The van der Waals surface area contributed by atoms with Crippen LogP contribution in [-0.4, -0.2) is 34.5 Å².